The van der Waals surface area contributed by atoms with Gasteiger partial charge < -0.3 is 10.1 Å². The Labute approximate surface area is 67.4 Å². The molecule has 0 spiro atoms. The Morgan fingerprint density at radius 2 is 2.27 bits per heavy atom. The van der Waals surface area contributed by atoms with Gasteiger partial charge in [0.25, 0.3) is 0 Å². The van der Waals surface area contributed by atoms with E-state index < -0.39 is 0 Å². The molecule has 0 saturated carbocycles. The maximum atomic E-state index is 10.9. The Morgan fingerprint density at radius 1 is 1.64 bits per heavy atom. The van der Waals surface area contributed by atoms with Crippen LogP contribution in [0.4, 0.5) is 0 Å². The van der Waals surface area contributed by atoms with Crippen LogP contribution in [0.5, 0.6) is 0 Å². The van der Waals surface area contributed by atoms with Gasteiger partial charge in [0.2, 0.25) is 5.91 Å². The van der Waals surface area contributed by atoms with Crippen molar-refractivity contribution >= 4 is 5.91 Å². The smallest absolute Gasteiger partial charge is 0.243 e. The summed E-state index contributed by atoms with van der Waals surface area (Å²) in [7, 11) is 1.59. The topological polar surface area (TPSA) is 38.3 Å². The molecule has 0 fully saturated rings. The molecule has 3 heteroatoms. The Kier molecular flexibility index (Phi) is 5.47. The van der Waals surface area contributed by atoms with Crippen LogP contribution in [0.3, 0.4) is 0 Å². The van der Waals surface area contributed by atoms with E-state index in [4.69, 9.17) is 4.74 Å². The summed E-state index contributed by atoms with van der Waals surface area (Å²) < 4.78 is 4.73. The van der Waals surface area contributed by atoms with E-state index in [1.807, 2.05) is 13.8 Å². The van der Waals surface area contributed by atoms with Crippen LogP contribution in [0.1, 0.15) is 13.8 Å². The molecule has 1 amide bonds. The monoisotopic (exact) mass is 157 g/mol. The van der Waals surface area contributed by atoms with Crippen LogP contribution >= 0.6 is 0 Å². The second-order valence-corrected chi connectivity index (χ2v) is 2.52. The molecule has 0 rings (SSSR count). The summed E-state index contributed by atoms with van der Waals surface area (Å²) in [6, 6.07) is 0.190. The van der Waals surface area contributed by atoms with E-state index in [9.17, 15) is 4.79 Å². The predicted octanol–water partition coefficient (Wildman–Crippen LogP) is 0.714. The molecule has 0 radical (unpaired) electrons. The predicted molar refractivity (Wildman–Crippen MR) is 44.3 cm³/mol. The number of ether oxygens (including phenoxy) is 1. The Morgan fingerprint density at radius 3 is 2.73 bits per heavy atom. The highest BCUT2D eigenvalue weighted by atomic mass is 16.5. The van der Waals surface area contributed by atoms with E-state index in [1.165, 1.54) is 6.08 Å². The first-order chi connectivity index (χ1) is 5.16. The molecule has 3 nitrogen and oxygen atoms in total. The summed E-state index contributed by atoms with van der Waals surface area (Å²) >= 11 is 0. The van der Waals surface area contributed by atoms with Crippen LogP contribution in [0, 0.1) is 0 Å². The molecule has 0 aromatic carbocycles. The van der Waals surface area contributed by atoms with Gasteiger partial charge in [-0.25, -0.2) is 0 Å². The van der Waals surface area contributed by atoms with Gasteiger partial charge in [-0.05, 0) is 13.8 Å². The highest BCUT2D eigenvalue weighted by molar-refractivity contribution is 5.87. The molecule has 11 heavy (non-hydrogen) atoms. The number of methoxy groups -OCH3 is 1. The molecule has 0 aliphatic rings. The summed E-state index contributed by atoms with van der Waals surface area (Å²) in [5, 5.41) is 2.72. The highest BCUT2D eigenvalue weighted by Crippen LogP contribution is 1.79. The molecule has 0 aromatic heterocycles. The average Bonchev–Trinajstić information content (AvgIpc) is 1.86. The van der Waals surface area contributed by atoms with Crippen molar-refractivity contribution in [3.63, 3.8) is 0 Å². The standard InChI is InChI=1S/C8H15NO2/c1-7(2)9-8(10)5-4-6-11-3/h4-5,7H,6H2,1-3H3,(H,9,10)/b5-4+. The van der Waals surface area contributed by atoms with Gasteiger partial charge >= 0.3 is 0 Å². The van der Waals surface area contributed by atoms with E-state index in [1.54, 1.807) is 13.2 Å². The van der Waals surface area contributed by atoms with Gasteiger partial charge in [0.05, 0.1) is 6.61 Å². The third-order valence-corrected chi connectivity index (χ3v) is 0.963. The van der Waals surface area contributed by atoms with E-state index in [0.29, 0.717) is 6.61 Å². The van der Waals surface area contributed by atoms with Crippen LogP contribution < -0.4 is 5.32 Å². The SMILES string of the molecule is COC/C=C/C(=O)NC(C)C. The van der Waals surface area contributed by atoms with E-state index >= 15 is 0 Å². The molecule has 1 N–H and O–H groups in total. The maximum Gasteiger partial charge on any atom is 0.243 e. The molecule has 64 valence electrons. The number of hydrogen-bond donors (Lipinski definition) is 1. The lowest BCUT2D eigenvalue weighted by Gasteiger charge is -2.03. The molecular formula is C8H15NO2. The molecule has 0 atom stereocenters. The summed E-state index contributed by atoms with van der Waals surface area (Å²) in [4.78, 5) is 10.9. The summed E-state index contributed by atoms with van der Waals surface area (Å²) in [6.07, 6.45) is 3.15. The number of hydrogen-bond acceptors (Lipinski definition) is 2. The van der Waals surface area contributed by atoms with Gasteiger partial charge in [0, 0.05) is 19.2 Å². The summed E-state index contributed by atoms with van der Waals surface area (Å²) in [6.45, 7) is 4.32. The summed E-state index contributed by atoms with van der Waals surface area (Å²) in [5.74, 6) is -0.0722. The number of nitrogens with one attached hydrogen (secondary N) is 1. The van der Waals surface area contributed by atoms with Gasteiger partial charge in [-0.2, -0.15) is 0 Å². The van der Waals surface area contributed by atoms with Crippen molar-refractivity contribution in [2.24, 2.45) is 0 Å². The molecule has 0 saturated heterocycles. The number of carbonyl (C=O) groups excluding carboxylic acids is 1. The fourth-order valence-corrected chi connectivity index (χ4v) is 0.584. The minimum atomic E-state index is -0.0722. The first-order valence-electron chi connectivity index (χ1n) is 3.62. The zero-order chi connectivity index (χ0) is 8.69. The van der Waals surface area contributed by atoms with E-state index in [-0.39, 0.29) is 11.9 Å². The number of carbonyl (C=O) groups is 1. The Balaban J connectivity index is 3.51. The fraction of sp³-hybridized carbons (Fsp3) is 0.625. The Hall–Kier alpha value is -0.830. The van der Waals surface area contributed by atoms with Crippen molar-refractivity contribution in [2.45, 2.75) is 19.9 Å². The molecule has 0 aliphatic carbocycles. The molecular weight excluding hydrogens is 142 g/mol. The van der Waals surface area contributed by atoms with Crippen molar-refractivity contribution in [3.8, 4) is 0 Å². The zero-order valence-electron chi connectivity index (χ0n) is 7.26. The fourth-order valence-electron chi connectivity index (χ4n) is 0.584. The number of amides is 1. The average molecular weight is 157 g/mol. The maximum absolute atomic E-state index is 10.9. The lowest BCUT2D eigenvalue weighted by Crippen LogP contribution is -2.28. The second kappa shape index (κ2) is 5.92. The van der Waals surface area contributed by atoms with Crippen molar-refractivity contribution < 1.29 is 9.53 Å². The van der Waals surface area contributed by atoms with E-state index in [2.05, 4.69) is 5.32 Å². The molecule has 0 unspecified atom stereocenters. The lowest BCUT2D eigenvalue weighted by molar-refractivity contribution is -0.117. The minimum Gasteiger partial charge on any atom is -0.381 e. The van der Waals surface area contributed by atoms with Crippen molar-refractivity contribution in [3.05, 3.63) is 12.2 Å². The first kappa shape index (κ1) is 10.2. The van der Waals surface area contributed by atoms with Crippen molar-refractivity contribution in [1.29, 1.82) is 0 Å². The van der Waals surface area contributed by atoms with Gasteiger partial charge in [-0.15, -0.1) is 0 Å². The highest BCUT2D eigenvalue weighted by Gasteiger charge is 1.95. The largest absolute Gasteiger partial charge is 0.381 e. The van der Waals surface area contributed by atoms with Crippen LogP contribution in [0.2, 0.25) is 0 Å². The van der Waals surface area contributed by atoms with Crippen LogP contribution in [0.25, 0.3) is 0 Å². The molecule has 0 aliphatic heterocycles. The Bertz CT molecular complexity index is 141. The minimum absolute atomic E-state index is 0.0722. The van der Waals surface area contributed by atoms with Gasteiger partial charge in [0.15, 0.2) is 0 Å². The van der Waals surface area contributed by atoms with Gasteiger partial charge in [-0.1, -0.05) is 6.08 Å². The van der Waals surface area contributed by atoms with Crippen LogP contribution in [0.15, 0.2) is 12.2 Å². The first-order valence-corrected chi connectivity index (χ1v) is 3.62. The van der Waals surface area contributed by atoms with Gasteiger partial charge in [0.1, 0.15) is 0 Å². The van der Waals surface area contributed by atoms with Crippen molar-refractivity contribution in [1.82, 2.24) is 5.32 Å². The second-order valence-electron chi connectivity index (χ2n) is 2.52. The van der Waals surface area contributed by atoms with Gasteiger partial charge in [-0.3, -0.25) is 4.79 Å². The third kappa shape index (κ3) is 7.06. The summed E-state index contributed by atoms with van der Waals surface area (Å²) in [5.41, 5.74) is 0. The van der Waals surface area contributed by atoms with E-state index in [0.717, 1.165) is 0 Å². The quantitative estimate of drug-likeness (QED) is 0.610. The molecule has 0 aromatic rings. The molecule has 0 heterocycles. The lowest BCUT2D eigenvalue weighted by atomic mass is 10.4. The number of rotatable bonds is 4. The van der Waals surface area contributed by atoms with Crippen LogP contribution in [-0.2, 0) is 9.53 Å². The third-order valence-electron chi connectivity index (χ3n) is 0.963. The normalized spacial score (nSPS) is 10.9. The zero-order valence-corrected chi connectivity index (χ0v) is 7.26. The van der Waals surface area contributed by atoms with Crippen LogP contribution in [-0.4, -0.2) is 25.7 Å². The van der Waals surface area contributed by atoms with Crippen molar-refractivity contribution in [2.75, 3.05) is 13.7 Å². The molecule has 0 bridgehead atoms.